The summed E-state index contributed by atoms with van der Waals surface area (Å²) in [6.45, 7) is 15.8. The molecular weight excluding hydrogens is 1040 g/mol. The first-order valence-corrected chi connectivity index (χ1v) is 45.6. The van der Waals surface area contributed by atoms with E-state index in [-0.39, 0.29) is 0 Å². The van der Waals surface area contributed by atoms with Crippen LogP contribution in [-0.4, -0.2) is 41.4 Å². The number of hydrogen-bond donors (Lipinski definition) is 0. The van der Waals surface area contributed by atoms with Gasteiger partial charge in [0.25, 0.3) is 0 Å². The Balaban J connectivity index is 5.09. The molecule has 0 aromatic carbocycles. The van der Waals surface area contributed by atoms with Crippen molar-refractivity contribution in [2.45, 2.75) is 450 Å². The van der Waals surface area contributed by atoms with Crippen molar-refractivity contribution in [3.8, 4) is 0 Å². The van der Waals surface area contributed by atoms with Gasteiger partial charge >= 0.3 is 0 Å². The van der Waals surface area contributed by atoms with Crippen molar-refractivity contribution in [2.75, 3.05) is 24.7 Å². The molecule has 0 atom stereocenters. The predicted molar refractivity (Wildman–Crippen MR) is 379 cm³/mol. The van der Waals surface area contributed by atoms with Crippen molar-refractivity contribution in [3.63, 3.8) is 0 Å². The zero-order valence-corrected chi connectivity index (χ0v) is 60.3. The maximum Gasteiger partial charge on any atom is 0.192 e. The molecule has 0 spiro atoms. The highest BCUT2D eigenvalue weighted by atomic mass is 33.1. The summed E-state index contributed by atoms with van der Waals surface area (Å²) < 4.78 is 14.1. The molecule has 0 bridgehead atoms. The molecule has 0 aliphatic heterocycles. The molecule has 0 aliphatic rings. The fraction of sp³-hybridized carbons (Fsp3) is 1.00. The summed E-state index contributed by atoms with van der Waals surface area (Å²) in [5.41, 5.74) is 0. The molecule has 0 saturated carbocycles. The standard InChI is InChI=1S/C74H154O2S2Si2/c1-7-13-17-21-25-29-33-37-41-45-49-53-57-61-69-79(75-11-5,70-62-58-54-50-46-42-38-34-30-26-22-18-14-8-2)73-65-67-77-78-68-66-74-80(76-12-6,71-63-59-55-51-47-43-39-35-31-27-23-19-15-9-3)72-64-60-56-52-48-44-40-36-32-28-24-20-16-10-4/h7-74H2,1-6H3. The van der Waals surface area contributed by atoms with E-state index in [1.165, 1.54) is 420 Å². The van der Waals surface area contributed by atoms with E-state index in [1.54, 1.807) is 0 Å². The highest BCUT2D eigenvalue weighted by Gasteiger charge is 2.34. The van der Waals surface area contributed by atoms with Crippen molar-refractivity contribution < 1.29 is 8.85 Å². The lowest BCUT2D eigenvalue weighted by Crippen LogP contribution is -2.38. The van der Waals surface area contributed by atoms with E-state index in [4.69, 9.17) is 8.85 Å². The monoisotopic (exact) mass is 1200 g/mol. The second kappa shape index (κ2) is 69.2. The average Bonchev–Trinajstić information content (AvgIpc) is 3.46. The molecule has 0 rings (SSSR count). The molecular formula is C74H154O2S2Si2. The fourth-order valence-electron chi connectivity index (χ4n) is 13.4. The molecule has 2 nitrogen and oxygen atoms in total. The molecule has 0 heterocycles. The van der Waals surface area contributed by atoms with Gasteiger partial charge in [-0.1, -0.05) is 409 Å². The minimum Gasteiger partial charge on any atom is -0.417 e. The smallest absolute Gasteiger partial charge is 0.192 e. The molecule has 80 heavy (non-hydrogen) atoms. The number of rotatable bonds is 73. The average molecular weight is 1200 g/mol. The van der Waals surface area contributed by atoms with Gasteiger partial charge in [0.1, 0.15) is 0 Å². The van der Waals surface area contributed by atoms with E-state index >= 15 is 0 Å². The summed E-state index contributed by atoms with van der Waals surface area (Å²) in [6.07, 6.45) is 84.0. The van der Waals surface area contributed by atoms with Gasteiger partial charge in [0.05, 0.1) is 0 Å². The van der Waals surface area contributed by atoms with Crippen LogP contribution in [0.15, 0.2) is 0 Å². The number of hydrogen-bond acceptors (Lipinski definition) is 4. The highest BCUT2D eigenvalue weighted by molar-refractivity contribution is 8.76. The SMILES string of the molecule is CCCCCCCCCCCCCCCC[Si](CCCCCCCCCCCCCCCC)(CCCSSCCC[Si](CCCCCCCCCCCCCCCC)(CCCCCCCCCCCCCCCC)OCC)OCC. The van der Waals surface area contributed by atoms with Gasteiger partial charge < -0.3 is 8.85 Å². The van der Waals surface area contributed by atoms with Gasteiger partial charge in [-0.15, -0.1) is 0 Å². The van der Waals surface area contributed by atoms with Gasteiger partial charge in [-0.25, -0.2) is 0 Å². The topological polar surface area (TPSA) is 18.5 Å². The van der Waals surface area contributed by atoms with Crippen molar-refractivity contribution in [2.24, 2.45) is 0 Å². The summed E-state index contributed by atoms with van der Waals surface area (Å²) >= 11 is 0. The Morgan fingerprint density at radius 3 is 0.463 bits per heavy atom. The second-order valence-electron chi connectivity index (χ2n) is 26.5. The number of unbranched alkanes of at least 4 members (excludes halogenated alkanes) is 52. The third-order valence-electron chi connectivity index (χ3n) is 18.6. The molecule has 0 aromatic rings. The molecule has 0 radical (unpaired) electrons. The van der Waals surface area contributed by atoms with E-state index in [0.29, 0.717) is 0 Å². The van der Waals surface area contributed by atoms with Crippen LogP contribution in [0.1, 0.15) is 414 Å². The van der Waals surface area contributed by atoms with Gasteiger partial charge in [-0.05, 0) is 63.0 Å². The Hall–Kier alpha value is 1.05. The second-order valence-corrected chi connectivity index (χ2v) is 37.5. The highest BCUT2D eigenvalue weighted by Crippen LogP contribution is 2.35. The first kappa shape index (κ1) is 81.1. The third-order valence-corrected chi connectivity index (χ3v) is 30.6. The fourth-order valence-corrected chi connectivity index (χ4v) is 24.9. The molecule has 0 saturated heterocycles. The Bertz CT molecular complexity index is 962. The van der Waals surface area contributed by atoms with Crippen LogP contribution in [0.5, 0.6) is 0 Å². The third kappa shape index (κ3) is 59.4. The van der Waals surface area contributed by atoms with E-state index in [1.807, 2.05) is 0 Å². The summed E-state index contributed by atoms with van der Waals surface area (Å²) in [4.78, 5) is 0. The van der Waals surface area contributed by atoms with Crippen LogP contribution in [0, 0.1) is 0 Å². The van der Waals surface area contributed by atoms with E-state index in [2.05, 4.69) is 63.1 Å². The zero-order valence-electron chi connectivity index (χ0n) is 56.7. The molecule has 0 amide bonds. The summed E-state index contributed by atoms with van der Waals surface area (Å²) in [5, 5.41) is 0. The van der Waals surface area contributed by atoms with E-state index in [0.717, 1.165) is 13.2 Å². The van der Waals surface area contributed by atoms with Gasteiger partial charge in [0.15, 0.2) is 16.6 Å². The molecule has 6 heteroatoms. The summed E-state index contributed by atoms with van der Waals surface area (Å²) in [5.74, 6) is 2.63. The van der Waals surface area contributed by atoms with Crippen LogP contribution in [0.25, 0.3) is 0 Å². The van der Waals surface area contributed by atoms with E-state index < -0.39 is 16.6 Å². The van der Waals surface area contributed by atoms with Gasteiger partial charge in [-0.2, -0.15) is 0 Å². The minimum atomic E-state index is -1.72. The van der Waals surface area contributed by atoms with Crippen molar-refractivity contribution in [3.05, 3.63) is 0 Å². The molecule has 482 valence electrons. The van der Waals surface area contributed by atoms with Crippen LogP contribution in [-0.2, 0) is 8.85 Å². The van der Waals surface area contributed by atoms with Crippen LogP contribution in [0.4, 0.5) is 0 Å². The minimum absolute atomic E-state index is 0.940. The Morgan fingerprint density at radius 1 is 0.175 bits per heavy atom. The Morgan fingerprint density at radius 2 is 0.312 bits per heavy atom. The maximum absolute atomic E-state index is 7.06. The van der Waals surface area contributed by atoms with Crippen LogP contribution < -0.4 is 0 Å². The molecule has 0 aromatic heterocycles. The summed E-state index contributed by atoms with van der Waals surface area (Å²) in [7, 11) is 0.984. The predicted octanol–water partition coefficient (Wildman–Crippen LogP) is 29.0. The first-order valence-electron chi connectivity index (χ1n) is 38.1. The molecule has 0 fully saturated rings. The summed E-state index contributed by atoms with van der Waals surface area (Å²) in [6, 6.07) is 8.53. The van der Waals surface area contributed by atoms with Gasteiger partial charge in [-0.3, -0.25) is 0 Å². The first-order chi connectivity index (χ1) is 39.6. The van der Waals surface area contributed by atoms with Crippen molar-refractivity contribution in [1.82, 2.24) is 0 Å². The lowest BCUT2D eigenvalue weighted by atomic mass is 10.0. The maximum atomic E-state index is 7.06. The molecule has 0 aliphatic carbocycles. The lowest BCUT2D eigenvalue weighted by molar-refractivity contribution is 0.313. The quantitative estimate of drug-likeness (QED) is 0.0343. The largest absolute Gasteiger partial charge is 0.417 e. The van der Waals surface area contributed by atoms with Crippen LogP contribution >= 0.6 is 21.6 Å². The van der Waals surface area contributed by atoms with Gasteiger partial charge in [0, 0.05) is 24.7 Å². The van der Waals surface area contributed by atoms with Gasteiger partial charge in [0.2, 0.25) is 0 Å². The van der Waals surface area contributed by atoms with Crippen molar-refractivity contribution >= 4 is 38.2 Å². The normalized spacial score (nSPS) is 12.2. The molecule has 0 unspecified atom stereocenters. The zero-order chi connectivity index (χ0) is 57.9. The van der Waals surface area contributed by atoms with E-state index in [9.17, 15) is 0 Å². The van der Waals surface area contributed by atoms with Crippen molar-refractivity contribution in [1.29, 1.82) is 0 Å². The molecule has 0 N–H and O–H groups in total. The van der Waals surface area contributed by atoms with Crippen LogP contribution in [0.3, 0.4) is 0 Å². The Kier molecular flexibility index (Phi) is 70.1. The lowest BCUT2D eigenvalue weighted by Gasteiger charge is -2.32. The Labute approximate surface area is 518 Å². The van der Waals surface area contributed by atoms with Crippen LogP contribution in [0.2, 0.25) is 36.3 Å².